The van der Waals surface area contributed by atoms with Gasteiger partial charge in [0.2, 0.25) is 0 Å². The van der Waals surface area contributed by atoms with E-state index in [9.17, 15) is 0 Å². The zero-order chi connectivity index (χ0) is 12.4. The lowest BCUT2D eigenvalue weighted by Crippen LogP contribution is -2.59. The molecule has 0 radical (unpaired) electrons. The molecule has 0 aromatic carbocycles. The van der Waals surface area contributed by atoms with Gasteiger partial charge in [-0.2, -0.15) is 0 Å². The van der Waals surface area contributed by atoms with E-state index in [1.54, 1.807) is 0 Å². The molecule has 0 bridgehead atoms. The molecule has 18 heavy (non-hydrogen) atoms. The van der Waals surface area contributed by atoms with Crippen LogP contribution in [0.3, 0.4) is 0 Å². The maximum Gasteiger partial charge on any atom is 0.188 e. The van der Waals surface area contributed by atoms with Crippen molar-refractivity contribution in [3.63, 3.8) is 0 Å². The van der Waals surface area contributed by atoms with Crippen molar-refractivity contribution in [1.82, 2.24) is 5.32 Å². The predicted molar refractivity (Wildman–Crippen MR) is 69.5 cm³/mol. The summed E-state index contributed by atoms with van der Waals surface area (Å²) in [5, 5.41) is 3.33. The maximum atomic E-state index is 5.93. The Labute approximate surface area is 108 Å². The Morgan fingerprint density at radius 2 is 2.06 bits per heavy atom. The Kier molecular flexibility index (Phi) is 3.70. The summed E-state index contributed by atoms with van der Waals surface area (Å²) in [6, 6.07) is 0.462. The molecule has 3 aliphatic rings. The fourth-order valence-corrected chi connectivity index (χ4v) is 3.19. The second kappa shape index (κ2) is 5.45. The van der Waals surface area contributed by atoms with E-state index in [0.29, 0.717) is 30.6 Å². The summed E-state index contributed by atoms with van der Waals surface area (Å²) < 4.78 is 11.2. The van der Waals surface area contributed by atoms with Crippen LogP contribution in [0.1, 0.15) is 32.1 Å². The number of guanidine groups is 1. The summed E-state index contributed by atoms with van der Waals surface area (Å²) >= 11 is 0. The fourth-order valence-electron chi connectivity index (χ4n) is 3.19. The van der Waals surface area contributed by atoms with Gasteiger partial charge in [0.25, 0.3) is 0 Å². The molecule has 5 heteroatoms. The van der Waals surface area contributed by atoms with Gasteiger partial charge in [0.1, 0.15) is 0 Å². The summed E-state index contributed by atoms with van der Waals surface area (Å²) in [6.45, 7) is 2.49. The van der Waals surface area contributed by atoms with Crippen molar-refractivity contribution in [3.8, 4) is 0 Å². The number of aliphatic imine (C=N–C) groups is 1. The van der Waals surface area contributed by atoms with Crippen LogP contribution in [0.4, 0.5) is 0 Å². The normalized spacial score (nSPS) is 40.1. The highest BCUT2D eigenvalue weighted by molar-refractivity contribution is 5.78. The summed E-state index contributed by atoms with van der Waals surface area (Å²) in [6.07, 6.45) is 6.49. The van der Waals surface area contributed by atoms with Gasteiger partial charge in [-0.25, -0.2) is 0 Å². The van der Waals surface area contributed by atoms with Crippen LogP contribution in [0, 0.1) is 5.92 Å². The fraction of sp³-hybridized carbons (Fsp3) is 0.923. The third kappa shape index (κ3) is 2.62. The second-order valence-electron chi connectivity index (χ2n) is 5.56. The molecule has 4 atom stereocenters. The van der Waals surface area contributed by atoms with E-state index in [1.165, 1.54) is 12.8 Å². The first-order valence-corrected chi connectivity index (χ1v) is 7.12. The number of fused-ring (bicyclic) bond motifs is 1. The van der Waals surface area contributed by atoms with E-state index in [-0.39, 0.29) is 6.10 Å². The minimum absolute atomic E-state index is 0.275. The highest BCUT2D eigenvalue weighted by Crippen LogP contribution is 2.37. The van der Waals surface area contributed by atoms with Crippen LogP contribution >= 0.6 is 0 Å². The molecule has 5 nitrogen and oxygen atoms in total. The lowest BCUT2D eigenvalue weighted by Gasteiger charge is -2.47. The van der Waals surface area contributed by atoms with Crippen LogP contribution in [-0.4, -0.2) is 44.0 Å². The van der Waals surface area contributed by atoms with Gasteiger partial charge in [-0.15, -0.1) is 0 Å². The number of nitrogens with one attached hydrogen (secondary N) is 1. The van der Waals surface area contributed by atoms with Crippen molar-refractivity contribution < 1.29 is 9.47 Å². The minimum Gasteiger partial charge on any atom is -0.378 e. The van der Waals surface area contributed by atoms with Crippen molar-refractivity contribution in [3.05, 3.63) is 0 Å². The summed E-state index contributed by atoms with van der Waals surface area (Å²) in [4.78, 5) is 4.38. The van der Waals surface area contributed by atoms with Gasteiger partial charge >= 0.3 is 0 Å². The Bertz CT molecular complexity index is 315. The van der Waals surface area contributed by atoms with Crippen molar-refractivity contribution >= 4 is 5.96 Å². The first-order chi connectivity index (χ1) is 8.83. The number of ether oxygens (including phenoxy) is 2. The van der Waals surface area contributed by atoms with Crippen molar-refractivity contribution in [2.45, 2.75) is 50.4 Å². The molecule has 2 aliphatic heterocycles. The quantitative estimate of drug-likeness (QED) is 0.572. The molecule has 3 fully saturated rings. The van der Waals surface area contributed by atoms with E-state index in [0.717, 1.165) is 32.5 Å². The third-order valence-corrected chi connectivity index (χ3v) is 4.32. The molecule has 0 spiro atoms. The van der Waals surface area contributed by atoms with Gasteiger partial charge in [-0.1, -0.05) is 0 Å². The molecule has 3 rings (SSSR count). The van der Waals surface area contributed by atoms with Gasteiger partial charge < -0.3 is 20.5 Å². The molecule has 1 saturated carbocycles. The highest BCUT2D eigenvalue weighted by Gasteiger charge is 2.43. The average Bonchev–Trinajstić information content (AvgIpc) is 2.87. The van der Waals surface area contributed by atoms with Gasteiger partial charge in [0, 0.05) is 25.2 Å². The van der Waals surface area contributed by atoms with E-state index in [4.69, 9.17) is 15.2 Å². The van der Waals surface area contributed by atoms with Gasteiger partial charge in [-0.3, -0.25) is 4.99 Å². The van der Waals surface area contributed by atoms with E-state index in [2.05, 4.69) is 10.3 Å². The molecule has 0 aromatic heterocycles. The van der Waals surface area contributed by atoms with Gasteiger partial charge in [0.15, 0.2) is 5.96 Å². The molecule has 102 valence electrons. The van der Waals surface area contributed by atoms with E-state index in [1.807, 2.05) is 0 Å². The highest BCUT2D eigenvalue weighted by atomic mass is 16.5. The first-order valence-electron chi connectivity index (χ1n) is 7.12. The molecule has 0 aromatic rings. The lowest BCUT2D eigenvalue weighted by molar-refractivity contribution is -0.0989. The number of rotatable bonds is 3. The molecular formula is C13H23N3O2. The molecule has 4 unspecified atom stereocenters. The smallest absolute Gasteiger partial charge is 0.188 e. The monoisotopic (exact) mass is 253 g/mol. The predicted octanol–water partition coefficient (Wildman–Crippen LogP) is 0.637. The van der Waals surface area contributed by atoms with E-state index >= 15 is 0 Å². The van der Waals surface area contributed by atoms with Crippen LogP contribution in [0.2, 0.25) is 0 Å². The molecule has 0 amide bonds. The van der Waals surface area contributed by atoms with Crippen molar-refractivity contribution in [2.75, 3.05) is 19.8 Å². The zero-order valence-electron chi connectivity index (χ0n) is 10.8. The SMILES string of the molecule is NC(=NCC1CCCO1)NC1CC2OCCCC12. The summed E-state index contributed by atoms with van der Waals surface area (Å²) in [5.41, 5.74) is 5.93. The second-order valence-corrected chi connectivity index (χ2v) is 5.56. The number of nitrogens with zero attached hydrogens (tertiary/aromatic N) is 1. The largest absolute Gasteiger partial charge is 0.378 e. The van der Waals surface area contributed by atoms with Crippen LogP contribution in [0.5, 0.6) is 0 Å². The molecule has 3 N–H and O–H groups in total. The average molecular weight is 253 g/mol. The maximum absolute atomic E-state index is 5.93. The molecular weight excluding hydrogens is 230 g/mol. The Hall–Kier alpha value is -0.810. The lowest BCUT2D eigenvalue weighted by atomic mass is 9.72. The summed E-state index contributed by atoms with van der Waals surface area (Å²) in [7, 11) is 0. The Morgan fingerprint density at radius 3 is 2.83 bits per heavy atom. The standard InChI is InChI=1S/C13H23N3O2/c14-13(15-8-9-3-1-5-17-9)16-11-7-12-10(11)4-2-6-18-12/h9-12H,1-8H2,(H3,14,15,16). The zero-order valence-corrected chi connectivity index (χ0v) is 10.8. The first kappa shape index (κ1) is 12.2. The number of hydrogen-bond acceptors (Lipinski definition) is 3. The molecule has 1 aliphatic carbocycles. The Balaban J connectivity index is 1.43. The van der Waals surface area contributed by atoms with Crippen LogP contribution in [0.25, 0.3) is 0 Å². The number of nitrogens with two attached hydrogens (primary N) is 1. The molecule has 2 heterocycles. The van der Waals surface area contributed by atoms with Gasteiger partial charge in [0.05, 0.1) is 18.8 Å². The third-order valence-electron chi connectivity index (χ3n) is 4.32. The van der Waals surface area contributed by atoms with Crippen molar-refractivity contribution in [1.29, 1.82) is 0 Å². The number of hydrogen-bond donors (Lipinski definition) is 2. The summed E-state index contributed by atoms with van der Waals surface area (Å²) in [5.74, 6) is 1.20. The molecule has 2 saturated heterocycles. The van der Waals surface area contributed by atoms with Crippen LogP contribution < -0.4 is 11.1 Å². The minimum atomic E-state index is 0.275. The van der Waals surface area contributed by atoms with Gasteiger partial charge in [-0.05, 0) is 32.1 Å². The topological polar surface area (TPSA) is 68.9 Å². The van der Waals surface area contributed by atoms with E-state index < -0.39 is 0 Å². The van der Waals surface area contributed by atoms with Crippen LogP contribution in [0.15, 0.2) is 4.99 Å². The van der Waals surface area contributed by atoms with Crippen molar-refractivity contribution in [2.24, 2.45) is 16.6 Å². The van der Waals surface area contributed by atoms with Crippen LogP contribution in [-0.2, 0) is 9.47 Å². The Morgan fingerprint density at radius 1 is 1.22 bits per heavy atom.